The summed E-state index contributed by atoms with van der Waals surface area (Å²) in [5.41, 5.74) is 3.22. The number of hydrogen-bond donors (Lipinski definition) is 1. The molecule has 0 radical (unpaired) electrons. The van der Waals surface area contributed by atoms with Gasteiger partial charge in [-0.25, -0.2) is 24.5 Å². The van der Waals surface area contributed by atoms with Gasteiger partial charge in [0.1, 0.15) is 23.4 Å². The molecule has 2 atom stereocenters. The number of halogens is 1. The van der Waals surface area contributed by atoms with Crippen LogP contribution in [-0.4, -0.2) is 41.9 Å². The van der Waals surface area contributed by atoms with Gasteiger partial charge < -0.3 is 9.30 Å². The fourth-order valence-corrected chi connectivity index (χ4v) is 6.49. The van der Waals surface area contributed by atoms with Crippen LogP contribution in [0.15, 0.2) is 63.9 Å². The zero-order valence-electron chi connectivity index (χ0n) is 23.7. The highest BCUT2D eigenvalue weighted by Gasteiger charge is 2.44. The lowest BCUT2D eigenvalue weighted by atomic mass is 9.83. The van der Waals surface area contributed by atoms with Gasteiger partial charge >= 0.3 is 11.8 Å². The maximum Gasteiger partial charge on any atom is 0.439 e. The molecule has 4 heterocycles. The molecule has 1 N–H and O–H groups in total. The van der Waals surface area contributed by atoms with Crippen molar-refractivity contribution in [2.24, 2.45) is 11.8 Å². The van der Waals surface area contributed by atoms with Gasteiger partial charge in [-0.15, -0.1) is 0 Å². The molecule has 1 saturated carbocycles. The van der Waals surface area contributed by atoms with E-state index in [1.165, 1.54) is 0 Å². The zero-order chi connectivity index (χ0) is 29.7. The summed E-state index contributed by atoms with van der Waals surface area (Å²) in [6, 6.07) is 16.8. The minimum atomic E-state index is -0.722. The average molecular weight is 600 g/mol. The largest absolute Gasteiger partial charge is 0.443 e. The Morgan fingerprint density at radius 3 is 2.49 bits per heavy atom. The lowest BCUT2D eigenvalue weighted by Gasteiger charge is -2.29. The molecule has 2 aromatic carbocycles. The first-order valence-corrected chi connectivity index (χ1v) is 14.9. The monoisotopic (exact) mass is 599 g/mol. The van der Waals surface area contributed by atoms with Crippen molar-refractivity contribution in [3.63, 3.8) is 0 Å². The number of aromatic nitrogens is 6. The summed E-state index contributed by atoms with van der Waals surface area (Å²) < 4.78 is 12.6. The van der Waals surface area contributed by atoms with Crippen molar-refractivity contribution < 1.29 is 14.1 Å². The first kappa shape index (κ1) is 27.3. The van der Waals surface area contributed by atoms with Crippen molar-refractivity contribution in [1.82, 2.24) is 29.7 Å². The second kappa shape index (κ2) is 11.0. The molecule has 2 aliphatic rings. The van der Waals surface area contributed by atoms with Crippen molar-refractivity contribution in [2.75, 3.05) is 4.90 Å². The highest BCUT2D eigenvalue weighted by molar-refractivity contribution is 6.30. The number of hydrogen-bond acceptors (Lipinski definition) is 8. The molecule has 1 saturated heterocycles. The van der Waals surface area contributed by atoms with Gasteiger partial charge in [0.2, 0.25) is 17.6 Å². The lowest BCUT2D eigenvalue weighted by Crippen LogP contribution is -2.32. The molecule has 1 aliphatic carbocycles. The van der Waals surface area contributed by atoms with Crippen molar-refractivity contribution in [3.8, 4) is 22.9 Å². The molecule has 220 valence electrons. The molecule has 12 heteroatoms. The van der Waals surface area contributed by atoms with Crippen LogP contribution in [0.5, 0.6) is 0 Å². The highest BCUT2D eigenvalue weighted by Crippen LogP contribution is 2.41. The van der Waals surface area contributed by atoms with Crippen molar-refractivity contribution in [1.29, 1.82) is 0 Å². The molecule has 3 aromatic heterocycles. The third kappa shape index (κ3) is 5.07. The van der Waals surface area contributed by atoms with Crippen LogP contribution in [0.4, 0.5) is 10.7 Å². The fourth-order valence-electron chi connectivity index (χ4n) is 6.30. The number of benzene rings is 2. The van der Waals surface area contributed by atoms with E-state index in [2.05, 4.69) is 21.6 Å². The summed E-state index contributed by atoms with van der Waals surface area (Å²) >= 11 is 6.44. The van der Waals surface area contributed by atoms with Crippen molar-refractivity contribution >= 4 is 34.8 Å². The lowest BCUT2D eigenvalue weighted by molar-refractivity contribution is 0.141. The summed E-state index contributed by atoms with van der Waals surface area (Å²) in [5, 5.41) is 4.35. The second-order valence-corrected chi connectivity index (χ2v) is 11.9. The van der Waals surface area contributed by atoms with Crippen molar-refractivity contribution in [3.05, 3.63) is 75.7 Å². The minimum Gasteiger partial charge on any atom is -0.443 e. The van der Waals surface area contributed by atoms with Gasteiger partial charge in [0.05, 0.1) is 0 Å². The molecular weight excluding hydrogens is 570 g/mol. The predicted molar refractivity (Wildman–Crippen MR) is 161 cm³/mol. The van der Waals surface area contributed by atoms with Gasteiger partial charge in [0.15, 0.2) is 5.65 Å². The third-order valence-electron chi connectivity index (χ3n) is 8.47. The van der Waals surface area contributed by atoms with E-state index in [-0.39, 0.29) is 11.6 Å². The third-order valence-corrected chi connectivity index (χ3v) is 8.71. The Morgan fingerprint density at radius 2 is 1.77 bits per heavy atom. The Bertz CT molecular complexity index is 1860. The van der Waals surface area contributed by atoms with E-state index < -0.39 is 24.0 Å². The van der Waals surface area contributed by atoms with Crippen LogP contribution in [0.3, 0.4) is 0 Å². The topological polar surface area (TPSA) is 132 Å². The number of rotatable bonds is 6. The molecule has 0 spiro atoms. The average Bonchev–Trinajstić information content (AvgIpc) is 3.68. The van der Waals surface area contributed by atoms with Crippen molar-refractivity contribution in [2.45, 2.75) is 58.2 Å². The number of nitrogens with zero attached hydrogens (tertiary/aromatic N) is 6. The fraction of sp³-hybridized carbons (Fsp3) is 0.355. The molecule has 0 bridgehead atoms. The number of amides is 1. The maximum atomic E-state index is 13.6. The van der Waals surface area contributed by atoms with Crippen LogP contribution < -0.4 is 10.7 Å². The van der Waals surface area contributed by atoms with E-state index in [9.17, 15) is 9.59 Å². The molecule has 11 nitrogen and oxygen atoms in total. The first-order chi connectivity index (χ1) is 20.9. The standard InChI is InChI=1S/C31H30ClN7O4/c1-17-11-13-19(14-12-17)16-38-25-23(21-9-6-10-22(32)15-21)33-27(28-36-30(40)43-37-28)34-26(25)35-29(38)39-24(18(2)42-31(39)41)20-7-4-3-5-8-20/h3-10,15,17-19,24H,11-14,16H2,1-2H3,(H,36,37,40)/t17-,18-,19-,24-/m0/s1. The van der Waals surface area contributed by atoms with E-state index in [4.69, 9.17) is 35.8 Å². The van der Waals surface area contributed by atoms with Crippen LogP contribution in [0.1, 0.15) is 51.1 Å². The maximum absolute atomic E-state index is 13.6. The van der Waals surface area contributed by atoms with Gasteiger partial charge in [-0.05, 0) is 49.3 Å². The molecular formula is C31H30ClN7O4. The van der Waals surface area contributed by atoms with Crippen LogP contribution in [0.25, 0.3) is 34.1 Å². The van der Waals surface area contributed by atoms with Gasteiger partial charge in [-0.2, -0.15) is 4.98 Å². The number of carbonyl (C=O) groups excluding carboxylic acids is 1. The van der Waals surface area contributed by atoms with Crippen LogP contribution in [0.2, 0.25) is 5.02 Å². The number of carbonyl (C=O) groups is 1. The Balaban J connectivity index is 1.48. The highest BCUT2D eigenvalue weighted by atomic mass is 35.5. The zero-order valence-corrected chi connectivity index (χ0v) is 24.5. The number of cyclic esters (lactones) is 1. The number of fused-ring (bicyclic) bond motifs is 1. The molecule has 2 fully saturated rings. The predicted octanol–water partition coefficient (Wildman–Crippen LogP) is 6.40. The molecule has 1 aliphatic heterocycles. The van der Waals surface area contributed by atoms with E-state index in [0.717, 1.165) is 36.8 Å². The van der Waals surface area contributed by atoms with E-state index in [1.54, 1.807) is 11.0 Å². The molecule has 5 aromatic rings. The first-order valence-electron chi connectivity index (χ1n) is 14.5. The number of imidazole rings is 1. The molecule has 43 heavy (non-hydrogen) atoms. The summed E-state index contributed by atoms with van der Waals surface area (Å²) in [4.78, 5) is 44.1. The number of ether oxygens (including phenoxy) is 1. The smallest absolute Gasteiger partial charge is 0.439 e. The normalized spacial score (nSPS) is 22.3. The Labute approximate surface area is 251 Å². The van der Waals surface area contributed by atoms with Gasteiger partial charge in [-0.1, -0.05) is 79.0 Å². The minimum absolute atomic E-state index is 0.0731. The SMILES string of the molecule is C[C@@H]1OC(=O)N(c2nc3nc(-c4noc(=O)[nH]4)nc(-c4cccc(Cl)c4)c3n2C[C@H]2CC[C@H](C)CC2)[C@@H]1c1ccccc1. The summed E-state index contributed by atoms with van der Waals surface area (Å²) in [6.45, 7) is 4.80. The Kier molecular flexibility index (Phi) is 6.97. The van der Waals surface area contributed by atoms with Crippen LogP contribution in [-0.2, 0) is 11.3 Å². The van der Waals surface area contributed by atoms with E-state index in [1.807, 2.05) is 55.5 Å². The number of nitrogens with one attached hydrogen (secondary N) is 1. The van der Waals surface area contributed by atoms with E-state index in [0.29, 0.717) is 46.2 Å². The summed E-state index contributed by atoms with van der Waals surface area (Å²) in [7, 11) is 0. The molecule has 7 rings (SSSR count). The quantitative estimate of drug-likeness (QED) is 0.237. The van der Waals surface area contributed by atoms with Crippen LogP contribution in [0, 0.1) is 11.8 Å². The van der Waals surface area contributed by atoms with Crippen LogP contribution >= 0.6 is 11.6 Å². The summed E-state index contributed by atoms with van der Waals surface area (Å²) in [5.74, 6) is 0.972. The summed E-state index contributed by atoms with van der Waals surface area (Å²) in [6.07, 6.45) is 3.53. The Morgan fingerprint density at radius 1 is 0.977 bits per heavy atom. The number of anilines is 1. The molecule has 0 unspecified atom stereocenters. The Hall–Kier alpha value is -4.51. The second-order valence-electron chi connectivity index (χ2n) is 11.5. The number of aromatic amines is 1. The van der Waals surface area contributed by atoms with Gasteiger partial charge in [0.25, 0.3) is 0 Å². The molecule has 1 amide bonds. The van der Waals surface area contributed by atoms with E-state index >= 15 is 0 Å². The number of H-pyrrole nitrogens is 1. The van der Waals surface area contributed by atoms with Gasteiger partial charge in [0, 0.05) is 17.1 Å². The van der Waals surface area contributed by atoms with Gasteiger partial charge in [-0.3, -0.25) is 9.51 Å².